The van der Waals surface area contributed by atoms with E-state index in [9.17, 15) is 0 Å². The fraction of sp³-hybridized carbons (Fsp3) is 0.400. The molecule has 0 radical (unpaired) electrons. The second-order valence-corrected chi connectivity index (χ2v) is 2.38. The SMILES string of the molecule is CC1(N)C=C(O)NC(N)=N1. The molecule has 0 fully saturated rings. The van der Waals surface area contributed by atoms with Crippen LogP contribution in [0.1, 0.15) is 6.92 Å². The number of guanidine groups is 1. The van der Waals surface area contributed by atoms with Crippen LogP contribution in [0.3, 0.4) is 0 Å². The first-order valence-electron chi connectivity index (χ1n) is 2.83. The number of nitrogens with zero attached hydrogens (tertiary/aromatic N) is 1. The zero-order valence-electron chi connectivity index (χ0n) is 5.63. The lowest BCUT2D eigenvalue weighted by atomic mass is 10.2. The molecule has 10 heavy (non-hydrogen) atoms. The summed E-state index contributed by atoms with van der Waals surface area (Å²) in [6, 6.07) is 0. The summed E-state index contributed by atoms with van der Waals surface area (Å²) in [7, 11) is 0. The van der Waals surface area contributed by atoms with Gasteiger partial charge in [-0.25, -0.2) is 4.99 Å². The lowest BCUT2D eigenvalue weighted by Gasteiger charge is -2.21. The minimum Gasteiger partial charge on any atom is -0.495 e. The van der Waals surface area contributed by atoms with E-state index < -0.39 is 5.66 Å². The van der Waals surface area contributed by atoms with Gasteiger partial charge in [0, 0.05) is 6.08 Å². The third-order valence-corrected chi connectivity index (χ3v) is 1.05. The standard InChI is InChI=1S/C5H10N4O/c1-5(7)2-3(10)8-4(6)9-5/h2,10H,7H2,1H3,(H3,6,8,9). The van der Waals surface area contributed by atoms with Crippen LogP contribution in [0.4, 0.5) is 0 Å². The average molecular weight is 142 g/mol. The molecule has 56 valence electrons. The van der Waals surface area contributed by atoms with Gasteiger partial charge < -0.3 is 16.6 Å². The summed E-state index contributed by atoms with van der Waals surface area (Å²) in [6.07, 6.45) is 1.38. The van der Waals surface area contributed by atoms with Crippen molar-refractivity contribution >= 4 is 5.96 Å². The van der Waals surface area contributed by atoms with E-state index >= 15 is 0 Å². The normalized spacial score (nSPS) is 32.2. The van der Waals surface area contributed by atoms with Crippen molar-refractivity contribution in [1.82, 2.24) is 5.32 Å². The molecule has 1 aliphatic rings. The quantitative estimate of drug-likeness (QED) is 0.348. The summed E-state index contributed by atoms with van der Waals surface area (Å²) in [5.74, 6) is 0.0718. The molecule has 1 atom stereocenters. The second-order valence-electron chi connectivity index (χ2n) is 2.38. The highest BCUT2D eigenvalue weighted by Gasteiger charge is 2.19. The van der Waals surface area contributed by atoms with Crippen molar-refractivity contribution in [3.8, 4) is 0 Å². The van der Waals surface area contributed by atoms with Crippen molar-refractivity contribution in [1.29, 1.82) is 0 Å². The molecule has 0 aromatic rings. The molecule has 0 amide bonds. The highest BCUT2D eigenvalue weighted by molar-refractivity contribution is 5.80. The Morgan fingerprint density at radius 3 is 2.80 bits per heavy atom. The van der Waals surface area contributed by atoms with Gasteiger partial charge >= 0.3 is 0 Å². The molecular weight excluding hydrogens is 132 g/mol. The molecule has 0 aliphatic carbocycles. The minimum absolute atomic E-state index is 0.0579. The topological polar surface area (TPSA) is 96.7 Å². The molecule has 1 unspecified atom stereocenters. The highest BCUT2D eigenvalue weighted by atomic mass is 16.3. The summed E-state index contributed by atoms with van der Waals surface area (Å²) >= 11 is 0. The molecule has 0 aromatic carbocycles. The number of aliphatic hydroxyl groups is 1. The van der Waals surface area contributed by atoms with E-state index in [1.807, 2.05) is 0 Å². The van der Waals surface area contributed by atoms with Crippen molar-refractivity contribution in [2.75, 3.05) is 0 Å². The summed E-state index contributed by atoms with van der Waals surface area (Å²) in [4.78, 5) is 3.79. The molecule has 1 rings (SSSR count). The Hall–Kier alpha value is -1.23. The summed E-state index contributed by atoms with van der Waals surface area (Å²) in [5, 5.41) is 11.3. The van der Waals surface area contributed by atoms with Crippen molar-refractivity contribution in [3.63, 3.8) is 0 Å². The largest absolute Gasteiger partial charge is 0.495 e. The van der Waals surface area contributed by atoms with Crippen LogP contribution < -0.4 is 16.8 Å². The molecule has 0 saturated heterocycles. The number of hydrogen-bond acceptors (Lipinski definition) is 5. The third kappa shape index (κ3) is 1.38. The molecule has 1 aliphatic heterocycles. The number of aliphatic hydroxyl groups excluding tert-OH is 1. The number of nitrogens with one attached hydrogen (secondary N) is 1. The van der Waals surface area contributed by atoms with Gasteiger partial charge in [-0.15, -0.1) is 0 Å². The van der Waals surface area contributed by atoms with E-state index in [1.54, 1.807) is 6.92 Å². The fourth-order valence-corrected chi connectivity index (χ4v) is 0.764. The maximum Gasteiger partial charge on any atom is 0.197 e. The van der Waals surface area contributed by atoms with E-state index in [1.165, 1.54) is 6.08 Å². The minimum atomic E-state index is -0.889. The van der Waals surface area contributed by atoms with Crippen LogP contribution in [0.15, 0.2) is 17.0 Å². The molecule has 5 nitrogen and oxygen atoms in total. The van der Waals surface area contributed by atoms with Gasteiger partial charge in [0.05, 0.1) is 0 Å². The van der Waals surface area contributed by atoms with Crippen molar-refractivity contribution in [2.24, 2.45) is 16.5 Å². The molecular formula is C5H10N4O. The van der Waals surface area contributed by atoms with Crippen LogP contribution in [0.25, 0.3) is 0 Å². The van der Waals surface area contributed by atoms with Gasteiger partial charge in [-0.1, -0.05) is 0 Å². The van der Waals surface area contributed by atoms with Crippen LogP contribution in [-0.4, -0.2) is 16.7 Å². The smallest absolute Gasteiger partial charge is 0.197 e. The first-order valence-corrected chi connectivity index (χ1v) is 2.83. The Kier molecular flexibility index (Phi) is 1.29. The van der Waals surface area contributed by atoms with E-state index in [4.69, 9.17) is 16.6 Å². The van der Waals surface area contributed by atoms with E-state index in [2.05, 4.69) is 10.3 Å². The molecule has 0 aromatic heterocycles. The second kappa shape index (κ2) is 1.88. The van der Waals surface area contributed by atoms with E-state index in [0.717, 1.165) is 0 Å². The van der Waals surface area contributed by atoms with E-state index in [0.29, 0.717) is 0 Å². The summed E-state index contributed by atoms with van der Waals surface area (Å²) in [5.41, 5.74) is 9.88. The number of hydrogen-bond donors (Lipinski definition) is 4. The molecule has 0 bridgehead atoms. The molecule has 1 heterocycles. The zero-order valence-corrected chi connectivity index (χ0v) is 5.63. The molecule has 6 N–H and O–H groups in total. The van der Waals surface area contributed by atoms with Gasteiger partial charge in [-0.2, -0.15) is 0 Å². The van der Waals surface area contributed by atoms with E-state index in [-0.39, 0.29) is 11.8 Å². The lowest BCUT2D eigenvalue weighted by Crippen LogP contribution is -2.44. The van der Waals surface area contributed by atoms with Gasteiger partial charge in [0.2, 0.25) is 0 Å². The maximum atomic E-state index is 8.92. The molecule has 0 saturated carbocycles. The maximum absolute atomic E-state index is 8.92. The van der Waals surface area contributed by atoms with Gasteiger partial charge in [0.25, 0.3) is 0 Å². The van der Waals surface area contributed by atoms with Gasteiger partial charge in [0.15, 0.2) is 11.8 Å². The zero-order chi connectivity index (χ0) is 7.78. The highest BCUT2D eigenvalue weighted by Crippen LogP contribution is 2.07. The Labute approximate surface area is 58.4 Å². The summed E-state index contributed by atoms with van der Waals surface area (Å²) < 4.78 is 0. The Bertz CT molecular complexity index is 186. The number of rotatable bonds is 0. The lowest BCUT2D eigenvalue weighted by molar-refractivity contribution is 0.368. The Morgan fingerprint density at radius 2 is 2.40 bits per heavy atom. The van der Waals surface area contributed by atoms with Gasteiger partial charge in [-0.3, -0.25) is 5.32 Å². The summed E-state index contributed by atoms with van der Waals surface area (Å²) in [6.45, 7) is 1.64. The van der Waals surface area contributed by atoms with Crippen molar-refractivity contribution in [3.05, 3.63) is 12.0 Å². The first-order chi connectivity index (χ1) is 4.49. The number of aliphatic imine (C=N–C) groups is 1. The first kappa shape index (κ1) is 6.88. The average Bonchev–Trinajstić information content (AvgIpc) is 1.54. The van der Waals surface area contributed by atoms with Crippen molar-refractivity contribution in [2.45, 2.75) is 12.6 Å². The predicted octanol–water partition coefficient (Wildman–Crippen LogP) is -1.02. The van der Waals surface area contributed by atoms with Crippen LogP contribution in [0, 0.1) is 0 Å². The van der Waals surface area contributed by atoms with Crippen LogP contribution in [0.2, 0.25) is 0 Å². The van der Waals surface area contributed by atoms with Crippen LogP contribution in [-0.2, 0) is 0 Å². The third-order valence-electron chi connectivity index (χ3n) is 1.05. The monoisotopic (exact) mass is 142 g/mol. The van der Waals surface area contributed by atoms with Crippen LogP contribution >= 0.6 is 0 Å². The Morgan fingerprint density at radius 1 is 1.80 bits per heavy atom. The fourth-order valence-electron chi connectivity index (χ4n) is 0.764. The Balaban J connectivity index is 2.88. The van der Waals surface area contributed by atoms with Gasteiger partial charge in [-0.05, 0) is 6.92 Å². The molecule has 0 spiro atoms. The number of nitrogens with two attached hydrogens (primary N) is 2. The molecule has 5 heteroatoms. The van der Waals surface area contributed by atoms with Crippen LogP contribution in [0.5, 0.6) is 0 Å². The predicted molar refractivity (Wildman–Crippen MR) is 38.1 cm³/mol. The van der Waals surface area contributed by atoms with Gasteiger partial charge in [0.1, 0.15) is 5.66 Å². The van der Waals surface area contributed by atoms with Crippen molar-refractivity contribution < 1.29 is 5.11 Å².